The average molecular weight is 186 g/mol. The molecule has 0 amide bonds. The minimum atomic E-state index is -1.18. The summed E-state index contributed by atoms with van der Waals surface area (Å²) < 4.78 is 0. The molecule has 0 saturated carbocycles. The van der Waals surface area contributed by atoms with Gasteiger partial charge in [-0.05, 0) is 13.8 Å². The molecule has 0 aromatic carbocycles. The Balaban J connectivity index is 4.42. The number of hydrogen-bond donors (Lipinski definition) is 1. The minimum absolute atomic E-state index is 0.210. The van der Waals surface area contributed by atoms with Crippen LogP contribution in [0.5, 0.6) is 0 Å². The number of ketones is 2. The van der Waals surface area contributed by atoms with Crippen molar-refractivity contribution in [2.75, 3.05) is 0 Å². The van der Waals surface area contributed by atoms with E-state index in [-0.39, 0.29) is 12.2 Å². The van der Waals surface area contributed by atoms with Gasteiger partial charge in [0.25, 0.3) is 0 Å². The van der Waals surface area contributed by atoms with Gasteiger partial charge >= 0.3 is 5.97 Å². The van der Waals surface area contributed by atoms with E-state index in [0.29, 0.717) is 0 Å². The molecule has 0 aromatic rings. The number of carboxylic acid groups (broad SMARTS) is 1. The molecule has 0 saturated heterocycles. The van der Waals surface area contributed by atoms with E-state index in [2.05, 4.69) is 0 Å². The Bertz CT molecular complexity index is 232. The summed E-state index contributed by atoms with van der Waals surface area (Å²) in [5.41, 5.74) is 0. The maximum Gasteiger partial charge on any atom is 0.313 e. The zero-order valence-electron chi connectivity index (χ0n) is 8.03. The van der Waals surface area contributed by atoms with Crippen molar-refractivity contribution >= 4 is 17.5 Å². The second kappa shape index (κ2) is 4.74. The van der Waals surface area contributed by atoms with Gasteiger partial charge in [-0.3, -0.25) is 14.4 Å². The van der Waals surface area contributed by atoms with E-state index < -0.39 is 23.6 Å². The third-order valence-corrected chi connectivity index (χ3v) is 2.06. The van der Waals surface area contributed by atoms with Crippen LogP contribution in [0.15, 0.2) is 0 Å². The smallest absolute Gasteiger partial charge is 0.313 e. The largest absolute Gasteiger partial charge is 0.481 e. The summed E-state index contributed by atoms with van der Waals surface area (Å²) in [6.07, 6.45) is 0.263. The first-order valence-corrected chi connectivity index (χ1v) is 4.21. The molecule has 0 bridgehead atoms. The second-order valence-corrected chi connectivity index (χ2v) is 3.00. The van der Waals surface area contributed by atoms with Crippen LogP contribution in [0, 0.1) is 11.8 Å². The lowest BCUT2D eigenvalue weighted by Crippen LogP contribution is -2.30. The van der Waals surface area contributed by atoms with Gasteiger partial charge in [-0.2, -0.15) is 0 Å². The highest BCUT2D eigenvalue weighted by Gasteiger charge is 2.28. The highest BCUT2D eigenvalue weighted by molar-refractivity contribution is 6.09. The van der Waals surface area contributed by atoms with Gasteiger partial charge in [-0.15, -0.1) is 0 Å². The predicted molar refractivity (Wildman–Crippen MR) is 46.3 cm³/mol. The first kappa shape index (κ1) is 11.8. The fourth-order valence-corrected chi connectivity index (χ4v) is 0.962. The molecule has 0 aromatic heterocycles. The summed E-state index contributed by atoms with van der Waals surface area (Å²) in [7, 11) is 0. The lowest BCUT2D eigenvalue weighted by molar-refractivity contribution is -0.147. The monoisotopic (exact) mass is 186 g/mol. The third kappa shape index (κ3) is 2.97. The molecule has 1 N–H and O–H groups in total. The lowest BCUT2D eigenvalue weighted by Gasteiger charge is -2.10. The minimum Gasteiger partial charge on any atom is -0.481 e. The zero-order chi connectivity index (χ0) is 10.6. The molecule has 0 rings (SSSR count). The van der Waals surface area contributed by atoms with Gasteiger partial charge in [-0.25, -0.2) is 0 Å². The van der Waals surface area contributed by atoms with Gasteiger partial charge < -0.3 is 5.11 Å². The van der Waals surface area contributed by atoms with Gasteiger partial charge in [-0.1, -0.05) is 6.92 Å². The number of hydrogen-bond acceptors (Lipinski definition) is 3. The molecular weight excluding hydrogens is 172 g/mol. The Morgan fingerprint density at radius 1 is 1.15 bits per heavy atom. The number of rotatable bonds is 5. The number of carboxylic acids is 1. The van der Waals surface area contributed by atoms with E-state index in [4.69, 9.17) is 5.11 Å². The molecule has 0 heterocycles. The van der Waals surface area contributed by atoms with Crippen LogP contribution in [0.4, 0.5) is 0 Å². The van der Waals surface area contributed by atoms with Crippen molar-refractivity contribution in [2.45, 2.75) is 27.2 Å². The SMILES string of the molecule is CCC(=O)C(C)C(=O)C(C)C(=O)O. The fourth-order valence-electron chi connectivity index (χ4n) is 0.962. The highest BCUT2D eigenvalue weighted by atomic mass is 16.4. The lowest BCUT2D eigenvalue weighted by atomic mass is 9.91. The molecule has 4 heteroatoms. The van der Waals surface area contributed by atoms with Crippen LogP contribution in [0.25, 0.3) is 0 Å². The van der Waals surface area contributed by atoms with Crippen molar-refractivity contribution in [2.24, 2.45) is 11.8 Å². The Hall–Kier alpha value is -1.19. The quantitative estimate of drug-likeness (QED) is 0.647. The van der Waals surface area contributed by atoms with Crippen molar-refractivity contribution < 1.29 is 19.5 Å². The maximum absolute atomic E-state index is 11.3. The molecule has 0 spiro atoms. The van der Waals surface area contributed by atoms with Gasteiger partial charge in [0, 0.05) is 6.42 Å². The van der Waals surface area contributed by atoms with Crippen molar-refractivity contribution in [3.63, 3.8) is 0 Å². The molecule has 13 heavy (non-hydrogen) atoms. The Labute approximate surface area is 76.9 Å². The first-order chi connectivity index (χ1) is 5.91. The van der Waals surface area contributed by atoms with E-state index in [0.717, 1.165) is 0 Å². The first-order valence-electron chi connectivity index (χ1n) is 4.21. The van der Waals surface area contributed by atoms with Gasteiger partial charge in [0.2, 0.25) is 0 Å². The van der Waals surface area contributed by atoms with Crippen LogP contribution < -0.4 is 0 Å². The number of aliphatic carboxylic acids is 1. The van der Waals surface area contributed by atoms with E-state index >= 15 is 0 Å². The topological polar surface area (TPSA) is 71.4 Å². The van der Waals surface area contributed by atoms with E-state index in [1.54, 1.807) is 6.92 Å². The predicted octanol–water partition coefficient (Wildman–Crippen LogP) is 0.891. The summed E-state index contributed by atoms with van der Waals surface area (Å²) in [6.45, 7) is 4.40. The van der Waals surface area contributed by atoms with Gasteiger partial charge in [0.05, 0.1) is 5.92 Å². The number of Topliss-reactive ketones (excluding diaryl/α,β-unsaturated/α-hetero) is 2. The van der Waals surface area contributed by atoms with Crippen molar-refractivity contribution in [1.29, 1.82) is 0 Å². The van der Waals surface area contributed by atoms with Crippen molar-refractivity contribution in [3.8, 4) is 0 Å². The Morgan fingerprint density at radius 3 is 1.92 bits per heavy atom. The molecular formula is C9H14O4. The average Bonchev–Trinajstić information content (AvgIpc) is 2.12. The van der Waals surface area contributed by atoms with Crippen LogP contribution in [-0.4, -0.2) is 22.6 Å². The summed E-state index contributed by atoms with van der Waals surface area (Å²) in [6, 6.07) is 0. The molecule has 0 aliphatic carbocycles. The second-order valence-electron chi connectivity index (χ2n) is 3.00. The third-order valence-electron chi connectivity index (χ3n) is 2.06. The zero-order valence-corrected chi connectivity index (χ0v) is 8.03. The van der Waals surface area contributed by atoms with Crippen LogP contribution in [0.2, 0.25) is 0 Å². The van der Waals surface area contributed by atoms with E-state index in [1.807, 2.05) is 0 Å². The highest BCUT2D eigenvalue weighted by Crippen LogP contribution is 2.09. The fraction of sp³-hybridized carbons (Fsp3) is 0.667. The summed E-state index contributed by atoms with van der Waals surface area (Å²) in [4.78, 5) is 32.8. The van der Waals surface area contributed by atoms with Crippen molar-refractivity contribution in [3.05, 3.63) is 0 Å². The molecule has 4 nitrogen and oxygen atoms in total. The van der Waals surface area contributed by atoms with Gasteiger partial charge in [0.15, 0.2) is 5.78 Å². The molecule has 2 atom stereocenters. The molecule has 0 aliphatic heterocycles. The summed E-state index contributed by atoms with van der Waals surface area (Å²) in [5.74, 6) is -3.79. The van der Waals surface area contributed by atoms with Crippen molar-refractivity contribution in [1.82, 2.24) is 0 Å². The van der Waals surface area contributed by atoms with Crippen LogP contribution in [0.1, 0.15) is 27.2 Å². The van der Waals surface area contributed by atoms with E-state index in [9.17, 15) is 14.4 Å². The molecule has 0 aliphatic rings. The van der Waals surface area contributed by atoms with Crippen LogP contribution in [0.3, 0.4) is 0 Å². The number of carbonyl (C=O) groups is 3. The molecule has 0 fully saturated rings. The summed E-state index contributed by atoms with van der Waals surface area (Å²) in [5, 5.41) is 8.52. The van der Waals surface area contributed by atoms with Crippen LogP contribution >= 0.6 is 0 Å². The van der Waals surface area contributed by atoms with Crippen LogP contribution in [-0.2, 0) is 14.4 Å². The Kier molecular flexibility index (Phi) is 4.31. The molecule has 2 unspecified atom stereocenters. The molecule has 74 valence electrons. The Morgan fingerprint density at radius 2 is 1.62 bits per heavy atom. The van der Waals surface area contributed by atoms with Gasteiger partial charge in [0.1, 0.15) is 11.7 Å². The summed E-state index contributed by atoms with van der Waals surface area (Å²) >= 11 is 0. The standard InChI is InChI=1S/C9H14O4/c1-4-7(10)5(2)8(11)6(3)9(12)13/h5-6H,4H2,1-3H3,(H,12,13). The normalized spacial score (nSPS) is 14.7. The number of carbonyl (C=O) groups excluding carboxylic acids is 2. The van der Waals surface area contributed by atoms with E-state index in [1.165, 1.54) is 13.8 Å². The maximum atomic E-state index is 11.3. The molecule has 0 radical (unpaired) electrons.